The summed E-state index contributed by atoms with van der Waals surface area (Å²) in [4.78, 5) is 0. The van der Waals surface area contributed by atoms with Crippen LogP contribution in [0.5, 0.6) is 0 Å². The number of anilines is 1. The lowest BCUT2D eigenvalue weighted by Crippen LogP contribution is -2.30. The molecule has 1 rings (SSSR count). The number of hydrogen-bond donors (Lipinski definition) is 2. The highest BCUT2D eigenvalue weighted by atomic mass is 14.6. The van der Waals surface area contributed by atoms with Gasteiger partial charge in [0.25, 0.3) is 0 Å². The van der Waals surface area contributed by atoms with Gasteiger partial charge >= 0.3 is 0 Å². The Balaban J connectivity index is 3.15. The molecule has 2 nitrogen and oxygen atoms in total. The van der Waals surface area contributed by atoms with Gasteiger partial charge in [-0.25, -0.2) is 0 Å². The van der Waals surface area contributed by atoms with Gasteiger partial charge in [-0.3, -0.25) is 5.41 Å². The second kappa shape index (κ2) is 2.31. The lowest BCUT2D eigenvalue weighted by Gasteiger charge is -1.92. The molecule has 0 saturated carbocycles. The van der Waals surface area contributed by atoms with Crippen molar-refractivity contribution in [3.05, 3.63) is 29.8 Å². The molecule has 0 spiro atoms. The fourth-order valence-electron chi connectivity index (χ4n) is 0.663. The lowest BCUT2D eigenvalue weighted by molar-refractivity contribution is -0.104. The van der Waals surface area contributed by atoms with Gasteiger partial charge in [0.2, 0.25) is 0 Å². The normalized spacial score (nSPS) is 8.89. The molecule has 0 amide bonds. The van der Waals surface area contributed by atoms with Gasteiger partial charge in [0, 0.05) is 5.69 Å². The second-order valence-electron chi connectivity index (χ2n) is 1.80. The molecule has 9 heavy (non-hydrogen) atoms. The zero-order chi connectivity index (χ0) is 6.69. The first-order valence-corrected chi connectivity index (χ1v) is 2.74. The number of nitrogens with two attached hydrogens (primary N) is 2. The van der Waals surface area contributed by atoms with Crippen molar-refractivity contribution in [2.75, 3.05) is 5.73 Å². The smallest absolute Gasteiger partial charge is 0.169 e. The third-order valence-electron chi connectivity index (χ3n) is 1.18. The minimum Gasteiger partial charge on any atom is -0.398 e. The van der Waals surface area contributed by atoms with E-state index in [0.717, 1.165) is 11.3 Å². The van der Waals surface area contributed by atoms with Crippen LogP contribution >= 0.6 is 0 Å². The summed E-state index contributed by atoms with van der Waals surface area (Å²) in [6, 6.07) is 7.46. The number of hydrogen-bond acceptors (Lipinski definition) is 1. The molecule has 0 heterocycles. The molecule has 0 atom stereocenters. The molecule has 1 aromatic rings. The quantitative estimate of drug-likeness (QED) is 0.380. The molecule has 0 unspecified atom stereocenters. The average Bonchev–Trinajstić information content (AvgIpc) is 1.89. The molecule has 0 fully saturated rings. The molecule has 0 aliphatic carbocycles. The highest BCUT2D eigenvalue weighted by Crippen LogP contribution is 2.05. The van der Waals surface area contributed by atoms with Gasteiger partial charge < -0.3 is 5.73 Å². The van der Waals surface area contributed by atoms with Crippen molar-refractivity contribution in [1.29, 1.82) is 0 Å². The van der Waals surface area contributed by atoms with Crippen LogP contribution in [0.3, 0.4) is 0 Å². The molecule has 4 N–H and O–H groups in total. The lowest BCUT2D eigenvalue weighted by atomic mass is 10.2. The Morgan fingerprint density at radius 1 is 1.33 bits per heavy atom. The Morgan fingerprint density at radius 3 is 2.44 bits per heavy atom. The number of rotatable bonds is 1. The summed E-state index contributed by atoms with van der Waals surface area (Å²) >= 11 is 0. The molecule has 0 aromatic heterocycles. The van der Waals surface area contributed by atoms with Crippen molar-refractivity contribution >= 4 is 11.9 Å². The molecule has 0 bridgehead atoms. The molecule has 2 heteroatoms. The van der Waals surface area contributed by atoms with Crippen LogP contribution < -0.4 is 11.1 Å². The third kappa shape index (κ3) is 1.08. The van der Waals surface area contributed by atoms with Gasteiger partial charge in [-0.15, -0.1) is 0 Å². The van der Waals surface area contributed by atoms with E-state index in [2.05, 4.69) is 0 Å². The van der Waals surface area contributed by atoms with Crippen molar-refractivity contribution in [1.82, 2.24) is 0 Å². The van der Waals surface area contributed by atoms with Gasteiger partial charge in [0.1, 0.15) is 0 Å². The average molecular weight is 121 g/mol. The zero-order valence-corrected chi connectivity index (χ0v) is 5.04. The van der Waals surface area contributed by atoms with Crippen LogP contribution in [0.4, 0.5) is 5.69 Å². The van der Waals surface area contributed by atoms with Crippen LogP contribution in [0.15, 0.2) is 24.3 Å². The molecular formula is C7H9N2+. The molecule has 0 radical (unpaired) electrons. The van der Waals surface area contributed by atoms with Crippen LogP contribution in [0.1, 0.15) is 5.56 Å². The van der Waals surface area contributed by atoms with Gasteiger partial charge in [-0.2, -0.15) is 0 Å². The van der Waals surface area contributed by atoms with Gasteiger partial charge in [0.15, 0.2) is 6.21 Å². The van der Waals surface area contributed by atoms with E-state index in [1.807, 2.05) is 24.3 Å². The zero-order valence-electron chi connectivity index (χ0n) is 5.04. The fraction of sp³-hybridized carbons (Fsp3) is 0. The van der Waals surface area contributed by atoms with Crippen molar-refractivity contribution in [3.63, 3.8) is 0 Å². The Morgan fingerprint density at radius 2 is 2.00 bits per heavy atom. The van der Waals surface area contributed by atoms with E-state index in [4.69, 9.17) is 11.1 Å². The topological polar surface area (TPSA) is 51.6 Å². The van der Waals surface area contributed by atoms with E-state index in [9.17, 15) is 0 Å². The SMILES string of the molecule is Nc1ccccc1C=[NH2+]. The van der Waals surface area contributed by atoms with E-state index in [-0.39, 0.29) is 0 Å². The summed E-state index contributed by atoms with van der Waals surface area (Å²) in [7, 11) is 0. The maximum Gasteiger partial charge on any atom is 0.169 e. The van der Waals surface area contributed by atoms with E-state index >= 15 is 0 Å². The van der Waals surface area contributed by atoms with E-state index < -0.39 is 0 Å². The molecule has 0 aliphatic rings. The Bertz CT molecular complexity index is 218. The summed E-state index contributed by atoms with van der Waals surface area (Å²) in [6.07, 6.45) is 1.50. The largest absolute Gasteiger partial charge is 0.398 e. The molecular weight excluding hydrogens is 112 g/mol. The predicted octanol–water partition coefficient (Wildman–Crippen LogP) is -0.553. The number of nitrogen functional groups attached to an aromatic ring is 1. The highest BCUT2D eigenvalue weighted by Gasteiger charge is 1.91. The van der Waals surface area contributed by atoms with Crippen LogP contribution in [-0.2, 0) is 0 Å². The van der Waals surface area contributed by atoms with E-state index in [0.29, 0.717) is 0 Å². The first kappa shape index (κ1) is 5.82. The maximum atomic E-state index is 5.52. The molecule has 0 saturated heterocycles. The van der Waals surface area contributed by atoms with Gasteiger partial charge in [-0.05, 0) is 12.1 Å². The van der Waals surface area contributed by atoms with Gasteiger partial charge in [-0.1, -0.05) is 12.1 Å². The Hall–Kier alpha value is -1.31. The van der Waals surface area contributed by atoms with Crippen molar-refractivity contribution in [2.24, 2.45) is 0 Å². The summed E-state index contributed by atoms with van der Waals surface area (Å²) < 4.78 is 0. The summed E-state index contributed by atoms with van der Waals surface area (Å²) in [6.45, 7) is 0. The molecule has 46 valence electrons. The van der Waals surface area contributed by atoms with Crippen LogP contribution in [0.2, 0.25) is 0 Å². The summed E-state index contributed by atoms with van der Waals surface area (Å²) in [5, 5.41) is 5.25. The predicted molar refractivity (Wildman–Crippen MR) is 37.9 cm³/mol. The Labute approximate surface area is 53.8 Å². The first-order valence-electron chi connectivity index (χ1n) is 2.74. The third-order valence-corrected chi connectivity index (χ3v) is 1.18. The van der Waals surface area contributed by atoms with Crippen molar-refractivity contribution < 1.29 is 5.41 Å². The number of benzene rings is 1. The second-order valence-corrected chi connectivity index (χ2v) is 1.80. The minimum absolute atomic E-state index is 0.722. The van der Waals surface area contributed by atoms with Crippen LogP contribution in [-0.4, -0.2) is 6.21 Å². The van der Waals surface area contributed by atoms with E-state index in [1.165, 1.54) is 6.21 Å². The molecule has 1 aromatic carbocycles. The van der Waals surface area contributed by atoms with E-state index in [1.54, 1.807) is 0 Å². The van der Waals surface area contributed by atoms with Crippen LogP contribution in [0.25, 0.3) is 0 Å². The summed E-state index contributed by atoms with van der Waals surface area (Å²) in [5.74, 6) is 0. The van der Waals surface area contributed by atoms with Crippen LogP contribution in [0, 0.1) is 0 Å². The van der Waals surface area contributed by atoms with Crippen molar-refractivity contribution in [3.8, 4) is 0 Å². The standard InChI is InChI=1S/C7H8N2/c8-5-6-3-1-2-4-7(6)9/h1-5,8H,9H2/p+1. The first-order chi connectivity index (χ1) is 4.34. The minimum atomic E-state index is 0.722. The Kier molecular flexibility index (Phi) is 1.49. The van der Waals surface area contributed by atoms with Gasteiger partial charge in [0.05, 0.1) is 5.56 Å². The highest BCUT2D eigenvalue weighted by molar-refractivity contribution is 5.82. The fourth-order valence-corrected chi connectivity index (χ4v) is 0.663. The monoisotopic (exact) mass is 121 g/mol. The maximum absolute atomic E-state index is 5.52. The van der Waals surface area contributed by atoms with Crippen molar-refractivity contribution in [2.45, 2.75) is 0 Å². The summed E-state index contributed by atoms with van der Waals surface area (Å²) in [5.41, 5.74) is 7.13. The molecule has 0 aliphatic heterocycles. The number of para-hydroxylation sites is 1.